The average Bonchev–Trinajstić information content (AvgIpc) is 2.46. The van der Waals surface area contributed by atoms with E-state index in [1.54, 1.807) is 19.4 Å². The fourth-order valence-corrected chi connectivity index (χ4v) is 1.95. The fourth-order valence-electron chi connectivity index (χ4n) is 1.60. The van der Waals surface area contributed by atoms with Crippen LogP contribution in [0, 0.1) is 0 Å². The summed E-state index contributed by atoms with van der Waals surface area (Å²) in [6.45, 7) is 0.367. The summed E-state index contributed by atoms with van der Waals surface area (Å²) >= 11 is 11.6. The Kier molecular flexibility index (Phi) is 4.88. The van der Waals surface area contributed by atoms with Crippen LogP contribution in [-0.4, -0.2) is 12.1 Å². The van der Waals surface area contributed by atoms with Gasteiger partial charge in [0.15, 0.2) is 0 Å². The molecule has 0 aliphatic rings. The van der Waals surface area contributed by atoms with E-state index in [4.69, 9.17) is 32.7 Å². The highest BCUT2D eigenvalue weighted by molar-refractivity contribution is 6.30. The molecule has 5 heteroatoms. The number of pyridine rings is 1. The third-order valence-corrected chi connectivity index (χ3v) is 3.08. The van der Waals surface area contributed by atoms with Crippen LogP contribution in [0.15, 0.2) is 36.5 Å². The van der Waals surface area contributed by atoms with Crippen molar-refractivity contribution in [3.8, 4) is 11.5 Å². The van der Waals surface area contributed by atoms with Gasteiger partial charge in [0.1, 0.15) is 18.1 Å². The minimum atomic E-state index is 0.367. The highest BCUT2D eigenvalue weighted by atomic mass is 35.5. The minimum Gasteiger partial charge on any atom is -0.496 e. The van der Waals surface area contributed by atoms with Gasteiger partial charge in [-0.05, 0) is 30.3 Å². The van der Waals surface area contributed by atoms with Gasteiger partial charge < -0.3 is 9.47 Å². The third kappa shape index (κ3) is 3.75. The van der Waals surface area contributed by atoms with Gasteiger partial charge in [0.2, 0.25) is 0 Å². The van der Waals surface area contributed by atoms with E-state index in [9.17, 15) is 0 Å². The summed E-state index contributed by atoms with van der Waals surface area (Å²) in [6, 6.07) is 9.08. The molecule has 0 fully saturated rings. The summed E-state index contributed by atoms with van der Waals surface area (Å²) in [7, 11) is 1.61. The second-order valence-corrected chi connectivity index (χ2v) is 4.57. The molecule has 0 radical (unpaired) electrons. The molecule has 0 unspecified atom stereocenters. The van der Waals surface area contributed by atoms with Crippen molar-refractivity contribution in [2.45, 2.75) is 12.5 Å². The van der Waals surface area contributed by atoms with Crippen molar-refractivity contribution in [1.82, 2.24) is 4.98 Å². The van der Waals surface area contributed by atoms with Crippen LogP contribution < -0.4 is 9.47 Å². The Bertz CT molecular complexity index is 544. The minimum absolute atomic E-state index is 0.367. The Morgan fingerprint density at radius 1 is 1.21 bits per heavy atom. The molecule has 19 heavy (non-hydrogen) atoms. The number of hydrogen-bond acceptors (Lipinski definition) is 3. The van der Waals surface area contributed by atoms with E-state index in [0.29, 0.717) is 23.3 Å². The summed E-state index contributed by atoms with van der Waals surface area (Å²) in [6.07, 6.45) is 1.65. The van der Waals surface area contributed by atoms with Gasteiger partial charge >= 0.3 is 0 Å². The van der Waals surface area contributed by atoms with Crippen LogP contribution >= 0.6 is 23.2 Å². The van der Waals surface area contributed by atoms with Crippen LogP contribution in [0.5, 0.6) is 11.5 Å². The molecular formula is C14H13Cl2NO2. The number of hydrogen-bond donors (Lipinski definition) is 0. The maximum atomic E-state index is 5.96. The lowest BCUT2D eigenvalue weighted by Crippen LogP contribution is -1.99. The van der Waals surface area contributed by atoms with Crippen LogP contribution in [0.25, 0.3) is 0 Å². The fraction of sp³-hybridized carbons (Fsp3) is 0.214. The van der Waals surface area contributed by atoms with Gasteiger partial charge in [-0.15, -0.1) is 11.6 Å². The first-order valence-corrected chi connectivity index (χ1v) is 6.60. The largest absolute Gasteiger partial charge is 0.496 e. The molecule has 1 aromatic heterocycles. The molecule has 0 bridgehead atoms. The van der Waals surface area contributed by atoms with E-state index in [2.05, 4.69) is 4.98 Å². The van der Waals surface area contributed by atoms with E-state index < -0.39 is 0 Å². The third-order valence-electron chi connectivity index (χ3n) is 2.57. The van der Waals surface area contributed by atoms with E-state index in [1.807, 2.05) is 24.3 Å². The lowest BCUT2D eigenvalue weighted by Gasteiger charge is -2.10. The standard InChI is InChI=1S/C14H13Cl2NO2/c1-18-14-5-2-11(16)6-10(14)9-19-13-4-3-12(7-15)17-8-13/h2-6,8H,7,9H2,1H3. The van der Waals surface area contributed by atoms with Gasteiger partial charge in [-0.1, -0.05) is 11.6 Å². The molecule has 2 aromatic rings. The molecule has 3 nitrogen and oxygen atoms in total. The van der Waals surface area contributed by atoms with Gasteiger partial charge in [0.25, 0.3) is 0 Å². The molecule has 0 aliphatic carbocycles. The predicted molar refractivity (Wildman–Crippen MR) is 76.1 cm³/mol. The molecule has 1 heterocycles. The molecule has 0 saturated carbocycles. The molecule has 0 saturated heterocycles. The number of ether oxygens (including phenoxy) is 2. The van der Waals surface area contributed by atoms with Crippen LogP contribution in [0.2, 0.25) is 5.02 Å². The Morgan fingerprint density at radius 3 is 2.68 bits per heavy atom. The highest BCUT2D eigenvalue weighted by Crippen LogP contribution is 2.24. The number of methoxy groups -OCH3 is 1. The number of aromatic nitrogens is 1. The topological polar surface area (TPSA) is 31.4 Å². The number of alkyl halides is 1. The van der Waals surface area contributed by atoms with Crippen molar-refractivity contribution in [3.05, 3.63) is 52.8 Å². The number of benzene rings is 1. The molecule has 1 aromatic carbocycles. The van der Waals surface area contributed by atoms with Crippen molar-refractivity contribution >= 4 is 23.2 Å². The molecule has 2 rings (SSSR count). The molecule has 100 valence electrons. The lowest BCUT2D eigenvalue weighted by atomic mass is 10.2. The summed E-state index contributed by atoms with van der Waals surface area (Å²) in [5, 5.41) is 0.648. The first-order chi connectivity index (χ1) is 9.22. The lowest BCUT2D eigenvalue weighted by molar-refractivity contribution is 0.295. The van der Waals surface area contributed by atoms with Crippen molar-refractivity contribution in [2.24, 2.45) is 0 Å². The Morgan fingerprint density at radius 2 is 2.05 bits per heavy atom. The van der Waals surface area contributed by atoms with Crippen LogP contribution in [0.4, 0.5) is 0 Å². The summed E-state index contributed by atoms with van der Waals surface area (Å²) in [5.41, 5.74) is 1.70. The van der Waals surface area contributed by atoms with Gasteiger partial charge in [-0.3, -0.25) is 4.98 Å². The van der Waals surface area contributed by atoms with Crippen molar-refractivity contribution in [2.75, 3.05) is 7.11 Å². The second kappa shape index (κ2) is 6.64. The summed E-state index contributed by atoms with van der Waals surface area (Å²) < 4.78 is 10.9. The second-order valence-electron chi connectivity index (χ2n) is 3.86. The molecule has 0 atom stereocenters. The Balaban J connectivity index is 2.07. The average molecular weight is 298 g/mol. The first-order valence-electron chi connectivity index (χ1n) is 5.69. The van der Waals surface area contributed by atoms with Gasteiger partial charge in [-0.2, -0.15) is 0 Å². The van der Waals surface area contributed by atoms with Gasteiger partial charge in [0.05, 0.1) is 24.9 Å². The van der Waals surface area contributed by atoms with E-state index in [0.717, 1.165) is 17.0 Å². The van der Waals surface area contributed by atoms with Crippen LogP contribution in [-0.2, 0) is 12.5 Å². The van der Waals surface area contributed by atoms with Crippen LogP contribution in [0.3, 0.4) is 0 Å². The first kappa shape index (κ1) is 14.0. The number of halogens is 2. The van der Waals surface area contributed by atoms with Crippen molar-refractivity contribution < 1.29 is 9.47 Å². The normalized spacial score (nSPS) is 10.3. The van der Waals surface area contributed by atoms with Gasteiger partial charge in [0, 0.05) is 10.6 Å². The van der Waals surface area contributed by atoms with Gasteiger partial charge in [-0.25, -0.2) is 0 Å². The van der Waals surface area contributed by atoms with E-state index in [-0.39, 0.29) is 0 Å². The molecule has 0 amide bonds. The zero-order valence-electron chi connectivity index (χ0n) is 10.4. The predicted octanol–water partition coefficient (Wildman–Crippen LogP) is 4.06. The van der Waals surface area contributed by atoms with E-state index >= 15 is 0 Å². The summed E-state index contributed by atoms with van der Waals surface area (Å²) in [4.78, 5) is 4.16. The highest BCUT2D eigenvalue weighted by Gasteiger charge is 2.05. The molecule has 0 N–H and O–H groups in total. The monoisotopic (exact) mass is 297 g/mol. The quantitative estimate of drug-likeness (QED) is 0.780. The maximum absolute atomic E-state index is 5.96. The summed E-state index contributed by atoms with van der Waals surface area (Å²) in [5.74, 6) is 1.81. The van der Waals surface area contributed by atoms with Crippen molar-refractivity contribution in [1.29, 1.82) is 0 Å². The number of nitrogens with zero attached hydrogens (tertiary/aromatic N) is 1. The Labute approximate surface area is 122 Å². The van der Waals surface area contributed by atoms with E-state index in [1.165, 1.54) is 0 Å². The SMILES string of the molecule is COc1ccc(Cl)cc1COc1ccc(CCl)nc1. The number of rotatable bonds is 5. The van der Waals surface area contributed by atoms with Crippen molar-refractivity contribution in [3.63, 3.8) is 0 Å². The molecule has 0 spiro atoms. The van der Waals surface area contributed by atoms with Crippen LogP contribution in [0.1, 0.15) is 11.3 Å². The molecule has 0 aliphatic heterocycles. The maximum Gasteiger partial charge on any atom is 0.138 e. The zero-order valence-corrected chi connectivity index (χ0v) is 11.9. The molecular weight excluding hydrogens is 285 g/mol. The zero-order chi connectivity index (χ0) is 13.7. The Hall–Kier alpha value is -1.45. The smallest absolute Gasteiger partial charge is 0.138 e.